The molecule has 0 aromatic rings. The van der Waals surface area contributed by atoms with E-state index in [1.165, 1.54) is 116 Å². The van der Waals surface area contributed by atoms with E-state index >= 15 is 0 Å². The number of esters is 2. The lowest BCUT2D eigenvalue weighted by Crippen LogP contribution is -2.44. The first kappa shape index (κ1) is 80.4. The van der Waals surface area contributed by atoms with Crippen molar-refractivity contribution >= 4 is 17.9 Å². The number of ether oxygens (including phenoxy) is 4. The predicted molar refractivity (Wildman–Crippen MR) is 361 cm³/mol. The number of nitrogens with zero attached hydrogens (tertiary/aromatic N) is 1. The number of aliphatic carboxylic acids is 1. The molecule has 0 rings (SSSR count). The highest BCUT2D eigenvalue weighted by molar-refractivity contribution is 5.70. The van der Waals surface area contributed by atoms with Crippen LogP contribution in [-0.2, 0) is 33.3 Å². The van der Waals surface area contributed by atoms with E-state index in [1.54, 1.807) is 0 Å². The number of quaternary nitrogens is 1. The Morgan fingerprint density at radius 3 is 1.01 bits per heavy atom. The van der Waals surface area contributed by atoms with Crippen LogP contribution in [0.2, 0.25) is 0 Å². The van der Waals surface area contributed by atoms with Crippen molar-refractivity contribution in [3.63, 3.8) is 0 Å². The van der Waals surface area contributed by atoms with Gasteiger partial charge < -0.3 is 33.3 Å². The van der Waals surface area contributed by atoms with E-state index in [4.69, 9.17) is 18.9 Å². The van der Waals surface area contributed by atoms with Gasteiger partial charge in [-0.05, 0) is 116 Å². The number of allylic oxidation sites excluding steroid dienone is 22. The van der Waals surface area contributed by atoms with E-state index in [2.05, 4.69) is 148 Å². The molecule has 0 amide bonds. The summed E-state index contributed by atoms with van der Waals surface area (Å²) in [5.41, 5.74) is 0. The monoisotopic (exact) mass is 1180 g/mol. The summed E-state index contributed by atoms with van der Waals surface area (Å²) in [5.74, 6) is -2.31. The second kappa shape index (κ2) is 65.4. The Kier molecular flexibility index (Phi) is 61.9. The van der Waals surface area contributed by atoms with E-state index < -0.39 is 24.3 Å². The molecule has 0 aromatic carbocycles. The molecule has 2 unspecified atom stereocenters. The normalized spacial score (nSPS) is 13.6. The molecule has 0 bridgehead atoms. The molecule has 0 aliphatic carbocycles. The summed E-state index contributed by atoms with van der Waals surface area (Å²) in [7, 11) is 5.92. The second-order valence-electron chi connectivity index (χ2n) is 23.7. The summed E-state index contributed by atoms with van der Waals surface area (Å²) in [5, 5.41) is 11.8. The largest absolute Gasteiger partial charge is 0.545 e. The number of rotatable bonds is 62. The topological polar surface area (TPSA) is 111 Å². The van der Waals surface area contributed by atoms with E-state index in [1.807, 2.05) is 21.1 Å². The van der Waals surface area contributed by atoms with Gasteiger partial charge in [-0.2, -0.15) is 0 Å². The molecule has 0 N–H and O–H groups in total. The van der Waals surface area contributed by atoms with Crippen molar-refractivity contribution in [1.82, 2.24) is 0 Å². The van der Waals surface area contributed by atoms with Gasteiger partial charge in [-0.1, -0.05) is 276 Å². The van der Waals surface area contributed by atoms with Gasteiger partial charge in [-0.3, -0.25) is 9.59 Å². The molecule has 0 aliphatic heterocycles. The van der Waals surface area contributed by atoms with E-state index in [0.29, 0.717) is 17.4 Å². The zero-order valence-corrected chi connectivity index (χ0v) is 55.2. The van der Waals surface area contributed by atoms with Gasteiger partial charge in [-0.15, -0.1) is 0 Å². The summed E-state index contributed by atoms with van der Waals surface area (Å²) in [4.78, 5) is 37.5. The first-order valence-corrected chi connectivity index (χ1v) is 34.3. The number of carbonyl (C=O) groups excluding carboxylic acids is 3. The first-order chi connectivity index (χ1) is 41.6. The van der Waals surface area contributed by atoms with Crippen LogP contribution in [0.5, 0.6) is 0 Å². The van der Waals surface area contributed by atoms with Gasteiger partial charge in [0.2, 0.25) is 0 Å². The average Bonchev–Trinajstić information content (AvgIpc) is 3.48. The summed E-state index contributed by atoms with van der Waals surface area (Å²) in [6.07, 6.45) is 90.9. The van der Waals surface area contributed by atoms with Gasteiger partial charge in [0.05, 0.1) is 40.3 Å². The second-order valence-corrected chi connectivity index (χ2v) is 23.7. The van der Waals surface area contributed by atoms with Gasteiger partial charge in [-0.25, -0.2) is 0 Å². The first-order valence-electron chi connectivity index (χ1n) is 34.3. The summed E-state index contributed by atoms with van der Waals surface area (Å²) < 4.78 is 22.8. The Balaban J connectivity index is 4.22. The minimum Gasteiger partial charge on any atom is -0.545 e. The highest BCUT2D eigenvalue weighted by Crippen LogP contribution is 2.16. The Morgan fingerprint density at radius 2 is 0.671 bits per heavy atom. The maximum atomic E-state index is 12.9. The molecule has 484 valence electrons. The number of hydrogen-bond donors (Lipinski definition) is 0. The third kappa shape index (κ3) is 66.8. The third-order valence-electron chi connectivity index (χ3n) is 14.4. The van der Waals surface area contributed by atoms with Gasteiger partial charge in [0, 0.05) is 12.8 Å². The lowest BCUT2D eigenvalue weighted by atomic mass is 10.0. The van der Waals surface area contributed by atoms with Crippen LogP contribution in [0.3, 0.4) is 0 Å². The fraction of sp³-hybridized carbons (Fsp3) is 0.671. The molecule has 2 atom stereocenters. The summed E-state index contributed by atoms with van der Waals surface area (Å²) in [6, 6.07) is 0. The summed E-state index contributed by atoms with van der Waals surface area (Å²) in [6.45, 7) is 4.62. The van der Waals surface area contributed by atoms with Crippen LogP contribution in [0.1, 0.15) is 271 Å². The molecule has 85 heavy (non-hydrogen) atoms. The maximum absolute atomic E-state index is 12.9. The molecular weight excluding hydrogens is 1050 g/mol. The maximum Gasteiger partial charge on any atom is 0.306 e. The van der Waals surface area contributed by atoms with Crippen molar-refractivity contribution in [2.24, 2.45) is 0 Å². The fourth-order valence-corrected chi connectivity index (χ4v) is 9.15. The number of hydrogen-bond acceptors (Lipinski definition) is 8. The molecule has 0 spiro atoms. The molecular formula is C76H127NO8. The number of carbonyl (C=O) groups is 3. The zero-order valence-electron chi connectivity index (χ0n) is 55.2. The van der Waals surface area contributed by atoms with Gasteiger partial charge in [0.25, 0.3) is 0 Å². The standard InChI is InChI=1S/C76H127NO8/c1-6-8-10-12-14-16-18-20-22-24-26-28-30-31-32-33-34-35-36-37-38-39-40-41-42-43-45-47-49-51-53-55-57-59-61-63-65-67-74(79)85-72(71-84-76(75(80)81)82-69-68-77(3,4)5)70-83-73(78)66-64-62-60-58-56-54-52-50-48-46-44-29-27-25-23-21-19-17-15-13-11-9-7-2/h8,10,14,16,20,22,25-28,31-32,34-35,37-38,40-41,43,45,49,51,72,76H,6-7,9,11-13,15,17-19,21,23-24,29-30,33,36,39,42,44,46-48,50,52-71H2,1-5H3/b10-8-,16-14-,22-20-,27-25-,28-26-,32-31-,35-34-,38-37-,41-40-,45-43-,51-49-. The van der Waals surface area contributed by atoms with Crippen LogP contribution in [0.4, 0.5) is 0 Å². The summed E-state index contributed by atoms with van der Waals surface area (Å²) >= 11 is 0. The smallest absolute Gasteiger partial charge is 0.306 e. The molecule has 0 aromatic heterocycles. The molecule has 0 radical (unpaired) electrons. The minimum absolute atomic E-state index is 0.138. The number of unbranched alkanes of at least 4 members (excludes halogenated alkanes) is 25. The average molecular weight is 1180 g/mol. The lowest BCUT2D eigenvalue weighted by molar-refractivity contribution is -0.870. The number of likely N-dealkylation sites (N-methyl/N-ethyl adjacent to an activating group) is 1. The Morgan fingerprint density at radius 1 is 0.365 bits per heavy atom. The van der Waals surface area contributed by atoms with E-state index in [-0.39, 0.29) is 38.6 Å². The quantitative estimate of drug-likeness (QED) is 0.0195. The van der Waals surface area contributed by atoms with Gasteiger partial charge in [0.1, 0.15) is 13.2 Å². The van der Waals surface area contributed by atoms with Crippen molar-refractivity contribution in [1.29, 1.82) is 0 Å². The van der Waals surface area contributed by atoms with Crippen LogP contribution < -0.4 is 5.11 Å². The third-order valence-corrected chi connectivity index (χ3v) is 14.4. The molecule has 0 aliphatic rings. The van der Waals surface area contributed by atoms with Gasteiger partial charge >= 0.3 is 11.9 Å². The molecule has 9 nitrogen and oxygen atoms in total. The van der Waals surface area contributed by atoms with Crippen molar-refractivity contribution in [2.45, 2.75) is 283 Å². The predicted octanol–water partition coefficient (Wildman–Crippen LogP) is 20.0. The molecule has 0 fully saturated rings. The highest BCUT2D eigenvalue weighted by atomic mass is 16.7. The SMILES string of the molecule is CC/C=C\C/C=C\C/C=C\C/C=C\C/C=C\C/C=C\C/C=C\C/C=C\C/C=C\C/C=C\CCCCCCCCC(=O)OC(COC(=O)CCCCCCCCCCCCC/C=C\CCCCCCCCCC)COC(OCC[N+](C)(C)C)C(=O)[O-]. The molecule has 0 saturated heterocycles. The Bertz CT molecular complexity index is 1860. The van der Waals surface area contributed by atoms with Crippen molar-refractivity contribution < 1.29 is 42.9 Å². The lowest BCUT2D eigenvalue weighted by Gasteiger charge is -2.26. The van der Waals surface area contributed by atoms with Crippen LogP contribution in [0, 0.1) is 0 Å². The molecule has 0 saturated carbocycles. The number of carboxylic acid groups (broad SMARTS) is 1. The van der Waals surface area contributed by atoms with Crippen LogP contribution in [-0.4, -0.2) is 82.3 Å². The van der Waals surface area contributed by atoms with Crippen LogP contribution in [0.15, 0.2) is 134 Å². The van der Waals surface area contributed by atoms with E-state index in [9.17, 15) is 19.5 Å². The minimum atomic E-state index is -1.63. The molecule has 9 heteroatoms. The van der Waals surface area contributed by atoms with E-state index in [0.717, 1.165) is 122 Å². The van der Waals surface area contributed by atoms with Gasteiger partial charge in [0.15, 0.2) is 12.4 Å². The number of carboxylic acids is 1. The van der Waals surface area contributed by atoms with Crippen molar-refractivity contribution in [3.05, 3.63) is 134 Å². The zero-order chi connectivity index (χ0) is 61.9. The Hall–Kier alpha value is -4.57. The fourth-order valence-electron chi connectivity index (χ4n) is 9.15. The molecule has 0 heterocycles. The van der Waals surface area contributed by atoms with Crippen molar-refractivity contribution in [3.8, 4) is 0 Å². The van der Waals surface area contributed by atoms with Crippen LogP contribution in [0.25, 0.3) is 0 Å². The highest BCUT2D eigenvalue weighted by Gasteiger charge is 2.22. The van der Waals surface area contributed by atoms with Crippen molar-refractivity contribution in [2.75, 3.05) is 47.5 Å². The Labute approximate surface area is 522 Å². The van der Waals surface area contributed by atoms with Crippen LogP contribution >= 0.6 is 0 Å².